The van der Waals surface area contributed by atoms with Crippen molar-refractivity contribution in [3.8, 4) is 0 Å². The highest BCUT2D eigenvalue weighted by Crippen LogP contribution is 2.45. The minimum Gasteiger partial charge on any atom is -0.468 e. The van der Waals surface area contributed by atoms with Crippen LogP contribution in [0.4, 0.5) is 55.9 Å². The van der Waals surface area contributed by atoms with Crippen LogP contribution in [0.15, 0.2) is 97.1 Å². The topological polar surface area (TPSA) is 106 Å². The number of esters is 1. The van der Waals surface area contributed by atoms with Gasteiger partial charge in [0, 0.05) is 25.7 Å². The van der Waals surface area contributed by atoms with Crippen LogP contribution in [0.5, 0.6) is 0 Å². The molecule has 0 fully saturated rings. The number of benzene rings is 4. The van der Waals surface area contributed by atoms with E-state index >= 15 is 0 Å². The van der Waals surface area contributed by atoms with Crippen LogP contribution in [0.2, 0.25) is 0 Å². The molecule has 3 atom stereocenters. The van der Waals surface area contributed by atoms with Gasteiger partial charge in [-0.15, -0.1) is 5.10 Å². The van der Waals surface area contributed by atoms with Gasteiger partial charge in [-0.1, -0.05) is 65.8 Å². The second kappa shape index (κ2) is 18.7. The Bertz CT molecular complexity index is 2280. The number of tetrazole rings is 1. The summed E-state index contributed by atoms with van der Waals surface area (Å²) in [6.07, 6.45) is -17.1. The fourth-order valence-electron chi connectivity index (χ4n) is 7.44. The molecule has 1 amide bonds. The molecule has 0 spiro atoms. The highest BCUT2D eigenvalue weighted by molar-refractivity contribution is 5.90. The number of amides is 1. The van der Waals surface area contributed by atoms with Gasteiger partial charge in [0.1, 0.15) is 6.04 Å². The van der Waals surface area contributed by atoms with E-state index in [-0.39, 0.29) is 43.4 Å². The maximum atomic E-state index is 14.3. The lowest BCUT2D eigenvalue weighted by Crippen LogP contribution is -2.47. The lowest BCUT2D eigenvalue weighted by atomic mass is 9.89. The van der Waals surface area contributed by atoms with E-state index in [1.165, 1.54) is 7.11 Å². The van der Waals surface area contributed by atoms with Crippen molar-refractivity contribution in [2.24, 2.45) is 0 Å². The van der Waals surface area contributed by atoms with Crippen molar-refractivity contribution in [1.82, 2.24) is 25.1 Å². The van der Waals surface area contributed by atoms with Crippen molar-refractivity contribution < 1.29 is 58.6 Å². The smallest absolute Gasteiger partial charge is 0.416 e. The molecule has 63 heavy (non-hydrogen) atoms. The first-order chi connectivity index (χ1) is 29.6. The number of rotatable bonds is 13. The molecule has 0 saturated carbocycles. The SMILES string of the molecule is COC(=O)[C@@H](Cn1nnc(N(Cc2cc(C(F)(F)F)cc(C(F)(F)F)c2)C2CC(C)N(C(=O)OC(C)C)c3ccc(C(F)(F)F)cc32)n1)N(Cc1ccccc1)Cc1ccccc1. The van der Waals surface area contributed by atoms with Gasteiger partial charge in [-0.25, -0.2) is 4.79 Å². The minimum absolute atomic E-state index is 0.0439. The number of hydrogen-bond donors (Lipinski definition) is 0. The van der Waals surface area contributed by atoms with Gasteiger partial charge in [-0.05, 0) is 91.1 Å². The van der Waals surface area contributed by atoms with Gasteiger partial charge in [-0.3, -0.25) is 14.6 Å². The summed E-state index contributed by atoms with van der Waals surface area (Å²) in [6, 6.07) is 18.6. The number of carbonyl (C=O) groups excluding carboxylic acids is 2. The number of carbonyl (C=O) groups is 2. The van der Waals surface area contributed by atoms with Crippen molar-refractivity contribution in [3.63, 3.8) is 0 Å². The third kappa shape index (κ3) is 11.3. The molecule has 0 bridgehead atoms. The number of nitrogens with zero attached hydrogens (tertiary/aromatic N) is 7. The summed E-state index contributed by atoms with van der Waals surface area (Å²) < 4.78 is 138. The highest BCUT2D eigenvalue weighted by Gasteiger charge is 2.43. The third-order valence-corrected chi connectivity index (χ3v) is 10.3. The van der Waals surface area contributed by atoms with Crippen LogP contribution < -0.4 is 9.80 Å². The molecular weight excluding hydrogens is 849 g/mol. The predicted octanol–water partition coefficient (Wildman–Crippen LogP) is 9.86. The second-order valence-corrected chi connectivity index (χ2v) is 15.3. The van der Waals surface area contributed by atoms with Crippen LogP contribution in [0, 0.1) is 0 Å². The first kappa shape index (κ1) is 46.3. The van der Waals surface area contributed by atoms with E-state index in [1.54, 1.807) is 25.7 Å². The van der Waals surface area contributed by atoms with E-state index < -0.39 is 89.6 Å². The van der Waals surface area contributed by atoms with E-state index in [4.69, 9.17) is 9.47 Å². The monoisotopic (exact) mass is 891 g/mol. The number of fused-ring (bicyclic) bond motifs is 1. The normalized spacial score (nSPS) is 16.2. The molecule has 2 heterocycles. The minimum atomic E-state index is -5.22. The molecule has 6 rings (SSSR count). The molecule has 0 N–H and O–H groups in total. The zero-order valence-electron chi connectivity index (χ0n) is 34.2. The van der Waals surface area contributed by atoms with E-state index in [1.807, 2.05) is 60.7 Å². The zero-order chi connectivity index (χ0) is 45.9. The Morgan fingerprint density at radius 2 is 1.30 bits per heavy atom. The van der Waals surface area contributed by atoms with Crippen LogP contribution in [-0.2, 0) is 59.0 Å². The van der Waals surface area contributed by atoms with E-state index in [0.29, 0.717) is 12.1 Å². The van der Waals surface area contributed by atoms with Crippen molar-refractivity contribution in [3.05, 3.63) is 136 Å². The molecule has 0 radical (unpaired) electrons. The summed E-state index contributed by atoms with van der Waals surface area (Å²) in [5.41, 5.74) is -3.51. The molecule has 0 saturated heterocycles. The molecule has 11 nitrogen and oxygen atoms in total. The van der Waals surface area contributed by atoms with Gasteiger partial charge in [-0.2, -0.15) is 44.3 Å². The second-order valence-electron chi connectivity index (χ2n) is 15.3. The molecule has 5 aromatic rings. The zero-order valence-corrected chi connectivity index (χ0v) is 34.2. The lowest BCUT2D eigenvalue weighted by Gasteiger charge is -2.43. The largest absolute Gasteiger partial charge is 0.468 e. The van der Waals surface area contributed by atoms with Crippen LogP contribution in [0.25, 0.3) is 0 Å². The number of anilines is 2. The van der Waals surface area contributed by atoms with Gasteiger partial charge in [0.15, 0.2) is 0 Å². The van der Waals surface area contributed by atoms with Crippen LogP contribution in [0.3, 0.4) is 0 Å². The third-order valence-electron chi connectivity index (χ3n) is 10.3. The summed E-state index contributed by atoms with van der Waals surface area (Å²) in [7, 11) is 1.18. The summed E-state index contributed by atoms with van der Waals surface area (Å²) in [5.74, 6) is -1.12. The van der Waals surface area contributed by atoms with Crippen molar-refractivity contribution in [2.75, 3.05) is 16.9 Å². The number of hydrogen-bond acceptors (Lipinski definition) is 9. The fraction of sp³-hybridized carbons (Fsp3) is 0.372. The first-order valence-corrected chi connectivity index (χ1v) is 19.6. The Morgan fingerprint density at radius 3 is 1.81 bits per heavy atom. The molecule has 1 aliphatic rings. The molecular formula is C43H42F9N7O4. The maximum absolute atomic E-state index is 14.3. The number of alkyl halides is 9. The summed E-state index contributed by atoms with van der Waals surface area (Å²) in [4.78, 5) is 32.0. The summed E-state index contributed by atoms with van der Waals surface area (Å²) in [6.45, 7) is 4.01. The molecule has 0 aliphatic carbocycles. The lowest BCUT2D eigenvalue weighted by molar-refractivity contribution is -0.148. The van der Waals surface area contributed by atoms with Crippen molar-refractivity contribution in [2.45, 2.75) is 96.1 Å². The first-order valence-electron chi connectivity index (χ1n) is 19.6. The average molecular weight is 892 g/mol. The maximum Gasteiger partial charge on any atom is 0.416 e. The van der Waals surface area contributed by atoms with Crippen molar-refractivity contribution >= 4 is 23.7 Å². The number of halogens is 9. The Balaban J connectivity index is 1.49. The Morgan fingerprint density at radius 1 is 0.746 bits per heavy atom. The van der Waals surface area contributed by atoms with Crippen LogP contribution >= 0.6 is 0 Å². The van der Waals surface area contributed by atoms with Crippen LogP contribution in [0.1, 0.15) is 72.2 Å². The van der Waals surface area contributed by atoms with Gasteiger partial charge < -0.3 is 14.4 Å². The molecule has 4 aromatic carbocycles. The Kier molecular flexibility index (Phi) is 13.7. The van der Waals surface area contributed by atoms with Crippen LogP contribution in [-0.4, -0.2) is 62.5 Å². The number of aromatic nitrogens is 4. The molecule has 1 aromatic heterocycles. The molecule has 336 valence electrons. The fourth-order valence-corrected chi connectivity index (χ4v) is 7.44. The van der Waals surface area contributed by atoms with Gasteiger partial charge in [0.05, 0.1) is 48.2 Å². The summed E-state index contributed by atoms with van der Waals surface area (Å²) >= 11 is 0. The predicted molar refractivity (Wildman–Crippen MR) is 211 cm³/mol. The molecule has 1 aliphatic heterocycles. The quantitative estimate of drug-likeness (QED) is 0.0844. The molecule has 2 unspecified atom stereocenters. The van der Waals surface area contributed by atoms with Gasteiger partial charge in [0.2, 0.25) is 0 Å². The highest BCUT2D eigenvalue weighted by atomic mass is 19.4. The van der Waals surface area contributed by atoms with Crippen molar-refractivity contribution in [1.29, 1.82) is 0 Å². The van der Waals surface area contributed by atoms with E-state index in [2.05, 4.69) is 15.4 Å². The Hall–Kier alpha value is -6.18. The average Bonchev–Trinajstić information content (AvgIpc) is 3.68. The van der Waals surface area contributed by atoms with E-state index in [0.717, 1.165) is 43.9 Å². The number of ether oxygens (including phenoxy) is 2. The van der Waals surface area contributed by atoms with Gasteiger partial charge in [0.25, 0.3) is 5.95 Å². The number of methoxy groups -OCH3 is 1. The van der Waals surface area contributed by atoms with Gasteiger partial charge >= 0.3 is 30.6 Å². The standard InChI is InChI=1S/C43H42F9N7O4/c1-26(2)63-40(61)59-27(3)17-36(34-21-31(41(44,45)46)15-16-35(34)59)57(24-30-18-32(42(47,48)49)20-33(19-30)43(50,51)52)39-53-55-58(54-39)25-37(38(60)62-4)56(22-28-11-7-5-8-12-28)23-29-13-9-6-10-14-29/h5-16,18-21,26-27,36-37H,17,22-25H2,1-4H3/t27?,36?,37-/m1/s1. The molecule has 20 heteroatoms. The summed E-state index contributed by atoms with van der Waals surface area (Å²) in [5, 5.41) is 12.7. The Labute approximate surface area is 356 Å². The van der Waals surface area contributed by atoms with E-state index in [9.17, 15) is 49.1 Å².